The molecule has 372 valence electrons. The number of hydrogen-bond acceptors (Lipinski definition) is 15. The standard InChI is InChI=1S/C52H60Cl2N6O9S/c1-30-42-31(2)46(54)47(45(30)53)68-38(24-60-18-16-59(3)17-19-60)27-66-37-12-13-40(67-25-35-14-15-55-49(58-35)33-8-10-36(11-9-33)65-28-39-26-63-20-21-64-39)34(22-37)23-41(52(61)62)69-50-44-43(42)48(32-6-4-5-7-32)70-51(44)57-29-56-50/h6,12-15,22,29,33,36,38-39,41H,4-5,7-11,16-21,23-28H2,1-3H3,(H,61,62)/t33-,36-,38-,39?,41-/m1/s1. The van der Waals surface area contributed by atoms with E-state index in [2.05, 4.69) is 32.9 Å². The van der Waals surface area contributed by atoms with Crippen molar-refractivity contribution >= 4 is 56.3 Å². The molecule has 3 aromatic heterocycles. The van der Waals surface area contributed by atoms with Gasteiger partial charge in [-0.3, -0.25) is 4.90 Å². The van der Waals surface area contributed by atoms with Crippen LogP contribution in [0.2, 0.25) is 10.0 Å². The maximum absolute atomic E-state index is 13.4. The third kappa shape index (κ3) is 10.9. The van der Waals surface area contributed by atoms with E-state index >= 15 is 0 Å². The van der Waals surface area contributed by atoms with Crippen LogP contribution >= 0.6 is 34.5 Å². The average molecular weight is 1020 g/mol. The molecule has 3 atom stereocenters. The van der Waals surface area contributed by atoms with Crippen LogP contribution in [0.5, 0.6) is 23.1 Å². The molecule has 4 aliphatic heterocycles. The van der Waals surface area contributed by atoms with Crippen molar-refractivity contribution in [2.45, 2.75) is 102 Å². The fourth-order valence-electron chi connectivity index (χ4n) is 10.2. The molecule has 18 heteroatoms. The Balaban J connectivity index is 0.969. The number of aromatic nitrogens is 4. The first-order valence-corrected chi connectivity index (χ1v) is 26.1. The van der Waals surface area contributed by atoms with Gasteiger partial charge in [-0.25, -0.2) is 24.7 Å². The van der Waals surface area contributed by atoms with Gasteiger partial charge in [-0.15, -0.1) is 11.3 Å². The van der Waals surface area contributed by atoms with Crippen LogP contribution in [0.1, 0.15) is 83.9 Å². The summed E-state index contributed by atoms with van der Waals surface area (Å²) in [5, 5.41) is 12.3. The van der Waals surface area contributed by atoms with E-state index in [1.54, 1.807) is 6.20 Å². The Hall–Kier alpha value is -4.65. The van der Waals surface area contributed by atoms with Gasteiger partial charge in [-0.2, -0.15) is 0 Å². The molecule has 0 radical (unpaired) electrons. The first-order chi connectivity index (χ1) is 34.1. The molecule has 5 aromatic rings. The van der Waals surface area contributed by atoms with Crippen molar-refractivity contribution in [3.05, 3.63) is 86.0 Å². The number of ether oxygens (including phenoxy) is 7. The Morgan fingerprint density at radius 3 is 2.50 bits per heavy atom. The van der Waals surface area contributed by atoms with E-state index in [0.29, 0.717) is 81.7 Å². The summed E-state index contributed by atoms with van der Waals surface area (Å²) in [6, 6.07) is 7.30. The summed E-state index contributed by atoms with van der Waals surface area (Å²) in [5.41, 5.74) is 5.63. The summed E-state index contributed by atoms with van der Waals surface area (Å²) in [6.45, 7) is 10.7. The van der Waals surface area contributed by atoms with E-state index in [0.717, 1.165) is 104 Å². The molecule has 70 heavy (non-hydrogen) atoms. The highest BCUT2D eigenvalue weighted by molar-refractivity contribution is 7.20. The highest BCUT2D eigenvalue weighted by Crippen LogP contribution is 2.53. The second-order valence-electron chi connectivity index (χ2n) is 19.0. The first kappa shape index (κ1) is 49.0. The largest absolute Gasteiger partial charge is 0.490 e. The van der Waals surface area contributed by atoms with Crippen molar-refractivity contribution in [2.24, 2.45) is 0 Å². The third-order valence-corrected chi connectivity index (χ3v) is 16.2. The van der Waals surface area contributed by atoms with Gasteiger partial charge in [0.2, 0.25) is 12.0 Å². The molecule has 15 nitrogen and oxygen atoms in total. The first-order valence-electron chi connectivity index (χ1n) is 24.5. The number of benzene rings is 2. The normalized spacial score (nSPS) is 23.6. The van der Waals surface area contributed by atoms with Crippen molar-refractivity contribution in [2.75, 3.05) is 72.8 Å². The molecule has 0 amide bonds. The molecule has 4 bridgehead atoms. The van der Waals surface area contributed by atoms with E-state index < -0.39 is 18.2 Å². The average Bonchev–Trinajstić information content (AvgIpc) is 4.06. The number of thiophene rings is 1. The zero-order valence-electron chi connectivity index (χ0n) is 39.9. The van der Waals surface area contributed by atoms with Gasteiger partial charge >= 0.3 is 5.97 Å². The number of carbonyl (C=O) groups is 1. The van der Waals surface area contributed by atoms with Crippen LogP contribution in [-0.2, 0) is 32.0 Å². The summed E-state index contributed by atoms with van der Waals surface area (Å²) >= 11 is 16.3. The molecular formula is C52H60Cl2N6O9S. The van der Waals surface area contributed by atoms with Gasteiger partial charge in [0, 0.05) is 67.3 Å². The van der Waals surface area contributed by atoms with E-state index in [1.165, 1.54) is 23.2 Å². The molecular weight excluding hydrogens is 956 g/mol. The smallest absolute Gasteiger partial charge is 0.345 e. The fraction of sp³-hybridized carbons (Fsp3) is 0.519. The number of halogens is 2. The topological polar surface area (TPSA) is 160 Å². The monoisotopic (exact) mass is 1010 g/mol. The van der Waals surface area contributed by atoms with Gasteiger partial charge < -0.3 is 43.2 Å². The van der Waals surface area contributed by atoms with Crippen LogP contribution in [0.4, 0.5) is 0 Å². The molecule has 2 saturated heterocycles. The molecule has 11 rings (SSSR count). The lowest BCUT2D eigenvalue weighted by atomic mass is 9.86. The Morgan fingerprint density at radius 1 is 0.943 bits per heavy atom. The van der Waals surface area contributed by atoms with Crippen molar-refractivity contribution in [1.29, 1.82) is 0 Å². The van der Waals surface area contributed by atoms with Crippen LogP contribution in [0, 0.1) is 13.8 Å². The summed E-state index contributed by atoms with van der Waals surface area (Å²) in [6.07, 6.45) is 10.2. The number of piperazine rings is 1. The van der Waals surface area contributed by atoms with Crippen LogP contribution < -0.4 is 18.9 Å². The van der Waals surface area contributed by atoms with Crippen molar-refractivity contribution in [3.8, 4) is 34.3 Å². The molecule has 2 aromatic carbocycles. The summed E-state index contributed by atoms with van der Waals surface area (Å²) in [5.74, 6) is 1.33. The van der Waals surface area contributed by atoms with Gasteiger partial charge in [0.25, 0.3) is 0 Å². The molecule has 6 aliphatic rings. The SMILES string of the molecule is Cc1c(Cl)c2c(Cl)c(C)c1-c1c(C3=CCCC3)sc3ncnc(c13)O[C@@H](C(=O)O)Cc1cc(ccc1OCc1ccnc([C@H]3CC[C@H](OCC4COCCO4)CC3)n1)OC[C@@H](CN1CCN(C)CC1)O2. The van der Waals surface area contributed by atoms with Crippen molar-refractivity contribution in [3.63, 3.8) is 0 Å². The second kappa shape index (κ2) is 22.0. The Bertz CT molecular complexity index is 2690. The zero-order chi connectivity index (χ0) is 48.3. The second-order valence-corrected chi connectivity index (χ2v) is 20.8. The lowest BCUT2D eigenvalue weighted by Crippen LogP contribution is -2.49. The Morgan fingerprint density at radius 2 is 1.76 bits per heavy atom. The number of hydrogen-bond donors (Lipinski definition) is 1. The number of nitrogens with zero attached hydrogens (tertiary/aromatic N) is 6. The van der Waals surface area contributed by atoms with Crippen molar-refractivity contribution < 1.29 is 43.1 Å². The number of fused-ring (bicyclic) bond motifs is 7. The Labute approximate surface area is 422 Å². The third-order valence-electron chi connectivity index (χ3n) is 14.1. The number of rotatable bonds is 11. The van der Waals surface area contributed by atoms with Gasteiger partial charge in [-0.1, -0.05) is 29.3 Å². The highest BCUT2D eigenvalue weighted by Gasteiger charge is 2.33. The number of likely N-dealkylation sites (N-methyl/N-ethyl adjacent to an activating group) is 1. The minimum Gasteiger partial charge on any atom is -0.490 e. The maximum atomic E-state index is 13.4. The van der Waals surface area contributed by atoms with E-state index in [4.69, 9.17) is 66.3 Å². The molecule has 1 saturated carbocycles. The maximum Gasteiger partial charge on any atom is 0.345 e. The minimum atomic E-state index is -1.38. The number of carboxylic acids is 1. The van der Waals surface area contributed by atoms with Crippen LogP contribution in [0.15, 0.2) is 42.9 Å². The van der Waals surface area contributed by atoms with Gasteiger partial charge in [-0.05, 0) is 112 Å². The molecule has 7 heterocycles. The number of aliphatic carboxylic acids is 1. The van der Waals surface area contributed by atoms with Crippen LogP contribution in [-0.4, -0.2) is 138 Å². The predicted octanol–water partition coefficient (Wildman–Crippen LogP) is 9.14. The predicted molar refractivity (Wildman–Crippen MR) is 268 cm³/mol. The fourth-order valence-corrected chi connectivity index (χ4v) is 11.9. The molecule has 1 unspecified atom stereocenters. The van der Waals surface area contributed by atoms with Crippen LogP contribution in [0.3, 0.4) is 0 Å². The quantitative estimate of drug-likeness (QED) is 0.133. The molecule has 0 spiro atoms. The summed E-state index contributed by atoms with van der Waals surface area (Å²) in [7, 11) is 2.13. The molecule has 1 N–H and O–H groups in total. The molecule has 2 aliphatic carbocycles. The van der Waals surface area contributed by atoms with Crippen molar-refractivity contribution in [1.82, 2.24) is 29.7 Å². The summed E-state index contributed by atoms with van der Waals surface area (Å²) in [4.78, 5) is 38.7. The minimum absolute atomic E-state index is 0.0132. The van der Waals surface area contributed by atoms with E-state index in [-0.39, 0.29) is 43.6 Å². The molecule has 3 fully saturated rings. The van der Waals surface area contributed by atoms with Crippen LogP contribution in [0.25, 0.3) is 26.9 Å². The van der Waals surface area contributed by atoms with E-state index in [1.807, 2.05) is 38.1 Å². The highest BCUT2D eigenvalue weighted by atomic mass is 35.5. The zero-order valence-corrected chi connectivity index (χ0v) is 42.3. The lowest BCUT2D eigenvalue weighted by molar-refractivity contribution is -0.145. The lowest BCUT2D eigenvalue weighted by Gasteiger charge is -2.35. The van der Waals surface area contributed by atoms with Gasteiger partial charge in [0.1, 0.15) is 53.9 Å². The number of allylic oxidation sites excluding steroid dienone is 2. The Kier molecular flexibility index (Phi) is 15.4. The van der Waals surface area contributed by atoms with Gasteiger partial charge in [0.15, 0.2) is 5.75 Å². The van der Waals surface area contributed by atoms with E-state index in [9.17, 15) is 9.90 Å². The number of carboxylic acid groups (broad SMARTS) is 1. The van der Waals surface area contributed by atoms with Gasteiger partial charge in [0.05, 0.1) is 53.7 Å². The summed E-state index contributed by atoms with van der Waals surface area (Å²) < 4.78 is 44.1.